The molecule has 5 nitrogen and oxygen atoms in total. The maximum Gasteiger partial charge on any atom is 0.237 e. The van der Waals surface area contributed by atoms with Gasteiger partial charge in [0, 0.05) is 26.1 Å². The highest BCUT2D eigenvalue weighted by Gasteiger charge is 2.22. The van der Waals surface area contributed by atoms with Gasteiger partial charge in [-0.15, -0.1) is 0 Å². The lowest BCUT2D eigenvalue weighted by Gasteiger charge is -2.29. The summed E-state index contributed by atoms with van der Waals surface area (Å²) in [6, 6.07) is -0.0631. The van der Waals surface area contributed by atoms with Crippen LogP contribution in [0, 0.1) is 0 Å². The summed E-state index contributed by atoms with van der Waals surface area (Å²) in [5.74, 6) is -0.0145. The highest BCUT2D eigenvalue weighted by atomic mass is 32.1. The van der Waals surface area contributed by atoms with Crippen molar-refractivity contribution in [1.82, 2.24) is 10.2 Å². The standard InChI is InChI=1S/C11H23N3O2S/c1-8(7-10(12)17)14(3)9(2)11(15)13-5-6-16-4/h8-9H,5-7H2,1-4H3,(H2,12,17)(H,13,15). The van der Waals surface area contributed by atoms with Gasteiger partial charge < -0.3 is 15.8 Å². The second-order valence-corrected chi connectivity index (χ2v) is 4.67. The van der Waals surface area contributed by atoms with E-state index in [2.05, 4.69) is 5.32 Å². The van der Waals surface area contributed by atoms with Gasteiger partial charge in [-0.25, -0.2) is 0 Å². The molecule has 6 heteroatoms. The first-order valence-corrected chi connectivity index (χ1v) is 6.07. The number of likely N-dealkylation sites (N-methyl/N-ethyl adjacent to an activating group) is 1. The zero-order chi connectivity index (χ0) is 13.4. The van der Waals surface area contributed by atoms with Crippen LogP contribution in [0.1, 0.15) is 20.3 Å². The molecule has 100 valence electrons. The number of hydrogen-bond donors (Lipinski definition) is 2. The fourth-order valence-corrected chi connectivity index (χ4v) is 1.67. The number of rotatable bonds is 8. The highest BCUT2D eigenvalue weighted by molar-refractivity contribution is 7.80. The van der Waals surface area contributed by atoms with E-state index in [0.29, 0.717) is 24.6 Å². The minimum atomic E-state index is -0.212. The van der Waals surface area contributed by atoms with Crippen molar-refractivity contribution in [1.29, 1.82) is 0 Å². The van der Waals surface area contributed by atoms with E-state index < -0.39 is 0 Å². The van der Waals surface area contributed by atoms with Crippen LogP contribution in [0.3, 0.4) is 0 Å². The van der Waals surface area contributed by atoms with Gasteiger partial charge in [-0.1, -0.05) is 12.2 Å². The molecule has 0 rings (SSSR count). The first-order valence-electron chi connectivity index (χ1n) is 5.67. The van der Waals surface area contributed by atoms with Crippen LogP contribution >= 0.6 is 12.2 Å². The number of ether oxygens (including phenoxy) is 1. The van der Waals surface area contributed by atoms with Gasteiger partial charge >= 0.3 is 0 Å². The minimum absolute atomic E-state index is 0.0145. The summed E-state index contributed by atoms with van der Waals surface area (Å²) in [5, 5.41) is 2.80. The zero-order valence-corrected chi connectivity index (χ0v) is 11.8. The smallest absolute Gasteiger partial charge is 0.237 e. The Kier molecular flexibility index (Phi) is 8.03. The molecule has 0 radical (unpaired) electrons. The van der Waals surface area contributed by atoms with Gasteiger partial charge in [-0.05, 0) is 20.9 Å². The predicted octanol–water partition coefficient (Wildman–Crippen LogP) is 0.134. The van der Waals surface area contributed by atoms with E-state index in [-0.39, 0.29) is 18.0 Å². The molecule has 1 amide bonds. The van der Waals surface area contributed by atoms with Crippen LogP contribution in [0.5, 0.6) is 0 Å². The average Bonchev–Trinajstić information content (AvgIpc) is 2.26. The lowest BCUT2D eigenvalue weighted by molar-refractivity contribution is -0.126. The molecule has 0 aromatic carbocycles. The molecular formula is C11H23N3O2S. The molecule has 0 spiro atoms. The second kappa shape index (κ2) is 8.38. The van der Waals surface area contributed by atoms with Gasteiger partial charge in [0.15, 0.2) is 0 Å². The van der Waals surface area contributed by atoms with Crippen molar-refractivity contribution in [2.75, 3.05) is 27.3 Å². The fraction of sp³-hybridized carbons (Fsp3) is 0.818. The molecule has 0 bridgehead atoms. The average molecular weight is 261 g/mol. The maximum atomic E-state index is 11.8. The Morgan fingerprint density at radius 2 is 2.12 bits per heavy atom. The molecule has 0 heterocycles. The Hall–Kier alpha value is -0.720. The predicted molar refractivity (Wildman–Crippen MR) is 73.0 cm³/mol. The van der Waals surface area contributed by atoms with E-state index in [0.717, 1.165) is 0 Å². The molecule has 3 N–H and O–H groups in total. The zero-order valence-electron chi connectivity index (χ0n) is 11.0. The monoisotopic (exact) mass is 261 g/mol. The van der Waals surface area contributed by atoms with Gasteiger partial charge in [0.25, 0.3) is 0 Å². The van der Waals surface area contributed by atoms with Crippen molar-refractivity contribution in [3.05, 3.63) is 0 Å². The summed E-state index contributed by atoms with van der Waals surface area (Å²) in [5.41, 5.74) is 5.49. The van der Waals surface area contributed by atoms with E-state index in [1.807, 2.05) is 25.8 Å². The normalized spacial score (nSPS) is 14.4. The van der Waals surface area contributed by atoms with Crippen molar-refractivity contribution < 1.29 is 9.53 Å². The van der Waals surface area contributed by atoms with Crippen molar-refractivity contribution in [2.45, 2.75) is 32.4 Å². The third kappa shape index (κ3) is 6.55. The van der Waals surface area contributed by atoms with Gasteiger partial charge in [-0.2, -0.15) is 0 Å². The molecule has 0 fully saturated rings. The van der Waals surface area contributed by atoms with Crippen molar-refractivity contribution in [2.24, 2.45) is 5.73 Å². The number of nitrogens with one attached hydrogen (secondary N) is 1. The number of methoxy groups -OCH3 is 1. The summed E-state index contributed by atoms with van der Waals surface area (Å²) in [6.45, 7) is 4.90. The minimum Gasteiger partial charge on any atom is -0.393 e. The Morgan fingerprint density at radius 1 is 1.53 bits per heavy atom. The van der Waals surface area contributed by atoms with Crippen molar-refractivity contribution in [3.8, 4) is 0 Å². The third-order valence-corrected chi connectivity index (χ3v) is 2.95. The molecule has 0 aliphatic heterocycles. The first-order chi connectivity index (χ1) is 7.90. The van der Waals surface area contributed by atoms with Crippen LogP contribution in [0.25, 0.3) is 0 Å². The fourth-order valence-electron chi connectivity index (χ4n) is 1.43. The number of amides is 1. The van der Waals surface area contributed by atoms with Gasteiger partial charge in [0.2, 0.25) is 5.91 Å². The van der Waals surface area contributed by atoms with E-state index in [1.54, 1.807) is 7.11 Å². The number of carbonyl (C=O) groups is 1. The quantitative estimate of drug-likeness (QED) is 0.480. The summed E-state index contributed by atoms with van der Waals surface area (Å²) in [6.07, 6.45) is 0.613. The van der Waals surface area contributed by atoms with Crippen LogP contribution in [0.15, 0.2) is 0 Å². The molecule has 0 aliphatic rings. The van der Waals surface area contributed by atoms with E-state index in [4.69, 9.17) is 22.7 Å². The van der Waals surface area contributed by atoms with E-state index >= 15 is 0 Å². The van der Waals surface area contributed by atoms with Crippen molar-refractivity contribution >= 4 is 23.1 Å². The van der Waals surface area contributed by atoms with Gasteiger partial charge in [0.1, 0.15) is 0 Å². The number of hydrogen-bond acceptors (Lipinski definition) is 4. The SMILES string of the molecule is COCCNC(=O)C(C)N(C)C(C)CC(N)=S. The number of carbonyl (C=O) groups excluding carboxylic acids is 1. The van der Waals surface area contributed by atoms with Crippen molar-refractivity contribution in [3.63, 3.8) is 0 Å². The molecule has 2 atom stereocenters. The number of nitrogens with zero attached hydrogens (tertiary/aromatic N) is 1. The van der Waals surface area contributed by atoms with Gasteiger partial charge in [-0.3, -0.25) is 9.69 Å². The van der Waals surface area contributed by atoms with E-state index in [1.165, 1.54) is 0 Å². The number of thiocarbonyl (C=S) groups is 1. The molecule has 0 saturated heterocycles. The van der Waals surface area contributed by atoms with Gasteiger partial charge in [0.05, 0.1) is 17.6 Å². The first kappa shape index (κ1) is 16.3. The summed E-state index contributed by atoms with van der Waals surface area (Å²) >= 11 is 4.86. The lowest BCUT2D eigenvalue weighted by atomic mass is 10.1. The highest BCUT2D eigenvalue weighted by Crippen LogP contribution is 2.06. The molecule has 0 aromatic heterocycles. The molecule has 0 aromatic rings. The third-order valence-electron chi connectivity index (χ3n) is 2.79. The topological polar surface area (TPSA) is 67.6 Å². The summed E-state index contributed by atoms with van der Waals surface area (Å²) in [4.78, 5) is 14.2. The largest absolute Gasteiger partial charge is 0.393 e. The van der Waals surface area contributed by atoms with Crippen LogP contribution in [-0.4, -0.2) is 55.2 Å². The Balaban J connectivity index is 4.13. The number of nitrogens with two attached hydrogens (primary N) is 1. The lowest BCUT2D eigenvalue weighted by Crippen LogP contribution is -2.48. The second-order valence-electron chi connectivity index (χ2n) is 4.14. The van der Waals surface area contributed by atoms with Crippen LogP contribution in [0.4, 0.5) is 0 Å². The molecule has 17 heavy (non-hydrogen) atoms. The molecule has 2 unspecified atom stereocenters. The van der Waals surface area contributed by atoms with Crippen LogP contribution in [0.2, 0.25) is 0 Å². The molecule has 0 saturated carbocycles. The Labute approximate surface area is 109 Å². The molecule has 0 aliphatic carbocycles. The maximum absolute atomic E-state index is 11.8. The van der Waals surface area contributed by atoms with Crippen LogP contribution in [-0.2, 0) is 9.53 Å². The Morgan fingerprint density at radius 3 is 2.59 bits per heavy atom. The van der Waals surface area contributed by atoms with Crippen LogP contribution < -0.4 is 11.1 Å². The summed E-state index contributed by atoms with van der Waals surface area (Å²) in [7, 11) is 3.50. The van der Waals surface area contributed by atoms with E-state index in [9.17, 15) is 4.79 Å². The summed E-state index contributed by atoms with van der Waals surface area (Å²) < 4.78 is 4.87. The molecular weight excluding hydrogens is 238 g/mol. The Bertz CT molecular complexity index is 261.